The molecule has 8 heteroatoms. The molecule has 1 heterocycles. The number of nitrogens with one attached hydrogen (secondary N) is 2. The van der Waals surface area contributed by atoms with Crippen LogP contribution in [0.15, 0.2) is 23.2 Å². The van der Waals surface area contributed by atoms with Crippen molar-refractivity contribution in [2.45, 2.75) is 38.0 Å². The summed E-state index contributed by atoms with van der Waals surface area (Å²) in [6.45, 7) is 2.84. The number of aliphatic imine (C=N–C) groups is 1. The molecular weight excluding hydrogens is 348 g/mol. The molecule has 2 fully saturated rings. The third kappa shape index (κ3) is 4.87. The van der Waals surface area contributed by atoms with Crippen molar-refractivity contribution in [3.63, 3.8) is 0 Å². The first-order chi connectivity index (χ1) is 12.4. The van der Waals surface area contributed by atoms with Crippen molar-refractivity contribution in [3.05, 3.63) is 35.1 Å². The van der Waals surface area contributed by atoms with E-state index in [1.165, 1.54) is 12.8 Å². The van der Waals surface area contributed by atoms with Crippen molar-refractivity contribution in [1.82, 2.24) is 15.5 Å². The molecule has 0 bridgehead atoms. The number of benzene rings is 1. The first-order valence-corrected chi connectivity index (χ1v) is 8.91. The SMILES string of the molecule is CN=C(NCc1ccc(F)cc1C(F)(F)F)NCC1CCN(C2CC2)C1. The summed E-state index contributed by atoms with van der Waals surface area (Å²) in [7, 11) is 1.58. The lowest BCUT2D eigenvalue weighted by atomic mass is 10.1. The summed E-state index contributed by atoms with van der Waals surface area (Å²) >= 11 is 0. The van der Waals surface area contributed by atoms with Crippen LogP contribution in [-0.2, 0) is 12.7 Å². The van der Waals surface area contributed by atoms with Crippen LogP contribution in [0, 0.1) is 11.7 Å². The number of halogens is 4. The molecule has 4 nitrogen and oxygen atoms in total. The molecule has 1 unspecified atom stereocenters. The predicted octanol–water partition coefficient (Wildman–Crippen LogP) is 2.99. The topological polar surface area (TPSA) is 39.7 Å². The Balaban J connectivity index is 1.51. The summed E-state index contributed by atoms with van der Waals surface area (Å²) < 4.78 is 52.3. The van der Waals surface area contributed by atoms with Gasteiger partial charge >= 0.3 is 6.18 Å². The molecule has 0 amide bonds. The molecule has 2 aliphatic rings. The van der Waals surface area contributed by atoms with E-state index < -0.39 is 17.6 Å². The van der Waals surface area contributed by atoms with Crippen LogP contribution >= 0.6 is 0 Å². The van der Waals surface area contributed by atoms with Crippen molar-refractivity contribution in [1.29, 1.82) is 0 Å². The van der Waals surface area contributed by atoms with E-state index in [0.29, 0.717) is 17.9 Å². The Bertz CT molecular complexity index is 655. The van der Waals surface area contributed by atoms with Gasteiger partial charge in [0.05, 0.1) is 5.56 Å². The van der Waals surface area contributed by atoms with Crippen LogP contribution in [0.4, 0.5) is 17.6 Å². The lowest BCUT2D eigenvalue weighted by Crippen LogP contribution is -2.40. The van der Waals surface area contributed by atoms with E-state index >= 15 is 0 Å². The number of alkyl halides is 3. The summed E-state index contributed by atoms with van der Waals surface area (Å²) in [5, 5.41) is 6.08. The fourth-order valence-electron chi connectivity index (χ4n) is 3.41. The standard InChI is InChI=1S/C18H24F4N4/c1-23-17(24-9-12-6-7-26(11-12)15-4-5-15)25-10-13-2-3-14(19)8-16(13)18(20,21)22/h2-3,8,12,15H,4-7,9-11H2,1H3,(H2,23,24,25). The van der Waals surface area contributed by atoms with E-state index in [-0.39, 0.29) is 12.1 Å². The Morgan fingerprint density at radius 2 is 2.00 bits per heavy atom. The van der Waals surface area contributed by atoms with E-state index in [1.807, 2.05) is 0 Å². The maximum Gasteiger partial charge on any atom is 0.416 e. The van der Waals surface area contributed by atoms with Gasteiger partial charge in [0.15, 0.2) is 5.96 Å². The van der Waals surface area contributed by atoms with Gasteiger partial charge in [0.2, 0.25) is 0 Å². The highest BCUT2D eigenvalue weighted by Crippen LogP contribution is 2.33. The Kier molecular flexibility index (Phi) is 5.70. The minimum Gasteiger partial charge on any atom is -0.356 e. The molecule has 1 aliphatic heterocycles. The van der Waals surface area contributed by atoms with E-state index in [4.69, 9.17) is 0 Å². The third-order valence-corrected chi connectivity index (χ3v) is 4.99. The third-order valence-electron chi connectivity index (χ3n) is 4.99. The Hall–Kier alpha value is -1.83. The Morgan fingerprint density at radius 3 is 2.65 bits per heavy atom. The zero-order chi connectivity index (χ0) is 18.7. The summed E-state index contributed by atoms with van der Waals surface area (Å²) in [5.41, 5.74) is -0.973. The number of rotatable bonds is 5. The van der Waals surface area contributed by atoms with Gasteiger partial charge in [-0.05, 0) is 49.4 Å². The van der Waals surface area contributed by atoms with Gasteiger partial charge in [0.25, 0.3) is 0 Å². The summed E-state index contributed by atoms with van der Waals surface area (Å²) in [4.78, 5) is 6.58. The Morgan fingerprint density at radius 1 is 1.23 bits per heavy atom. The second kappa shape index (κ2) is 7.82. The molecule has 1 saturated heterocycles. The molecule has 26 heavy (non-hydrogen) atoms. The molecule has 0 aromatic heterocycles. The molecule has 0 radical (unpaired) electrons. The number of nitrogens with zero attached hydrogens (tertiary/aromatic N) is 2. The van der Waals surface area contributed by atoms with Gasteiger partial charge in [-0.25, -0.2) is 4.39 Å². The molecule has 0 spiro atoms. The average molecular weight is 372 g/mol. The van der Waals surface area contributed by atoms with E-state index in [0.717, 1.165) is 44.2 Å². The van der Waals surface area contributed by atoms with E-state index in [9.17, 15) is 17.6 Å². The molecule has 2 N–H and O–H groups in total. The van der Waals surface area contributed by atoms with Crippen LogP contribution < -0.4 is 10.6 Å². The predicted molar refractivity (Wildman–Crippen MR) is 92.3 cm³/mol. The second-order valence-corrected chi connectivity index (χ2v) is 6.99. The summed E-state index contributed by atoms with van der Waals surface area (Å²) in [6, 6.07) is 3.48. The zero-order valence-corrected chi connectivity index (χ0v) is 14.7. The van der Waals surface area contributed by atoms with E-state index in [2.05, 4.69) is 20.5 Å². The fourth-order valence-corrected chi connectivity index (χ4v) is 3.41. The molecule has 1 aromatic carbocycles. The highest BCUT2D eigenvalue weighted by Gasteiger charge is 2.35. The normalized spacial score (nSPS) is 21.9. The monoisotopic (exact) mass is 372 g/mol. The molecule has 3 rings (SSSR count). The summed E-state index contributed by atoms with van der Waals surface area (Å²) in [5.74, 6) is 0.0723. The van der Waals surface area contributed by atoms with Crippen LogP contribution in [0.25, 0.3) is 0 Å². The number of guanidine groups is 1. The fraction of sp³-hybridized carbons (Fsp3) is 0.611. The average Bonchev–Trinajstić information content (AvgIpc) is 3.34. The number of hydrogen-bond donors (Lipinski definition) is 2. The first-order valence-electron chi connectivity index (χ1n) is 8.91. The number of likely N-dealkylation sites (tertiary alicyclic amines) is 1. The lowest BCUT2D eigenvalue weighted by molar-refractivity contribution is -0.138. The molecular formula is C18H24F4N4. The molecule has 1 atom stereocenters. The second-order valence-electron chi connectivity index (χ2n) is 6.99. The van der Waals surface area contributed by atoms with Crippen LogP contribution in [0.1, 0.15) is 30.4 Å². The van der Waals surface area contributed by atoms with Crippen LogP contribution in [-0.4, -0.2) is 43.6 Å². The maximum absolute atomic E-state index is 13.2. The summed E-state index contributed by atoms with van der Waals surface area (Å²) in [6.07, 6.45) is -0.881. The Labute approximate surface area is 150 Å². The van der Waals surface area contributed by atoms with Crippen LogP contribution in [0.3, 0.4) is 0 Å². The van der Waals surface area contributed by atoms with Crippen LogP contribution in [0.5, 0.6) is 0 Å². The quantitative estimate of drug-likeness (QED) is 0.474. The van der Waals surface area contributed by atoms with Gasteiger partial charge in [0.1, 0.15) is 5.82 Å². The molecule has 144 valence electrons. The molecule has 1 aliphatic carbocycles. The highest BCUT2D eigenvalue weighted by molar-refractivity contribution is 5.79. The van der Waals surface area contributed by atoms with E-state index in [1.54, 1.807) is 7.05 Å². The zero-order valence-electron chi connectivity index (χ0n) is 14.7. The minimum absolute atomic E-state index is 0.0115. The van der Waals surface area contributed by atoms with Gasteiger partial charge in [-0.3, -0.25) is 4.99 Å². The first kappa shape index (κ1) is 18.9. The van der Waals surface area contributed by atoms with Crippen molar-refractivity contribution < 1.29 is 17.6 Å². The van der Waals surface area contributed by atoms with Crippen molar-refractivity contribution in [2.24, 2.45) is 10.9 Å². The van der Waals surface area contributed by atoms with Crippen molar-refractivity contribution in [2.75, 3.05) is 26.7 Å². The lowest BCUT2D eigenvalue weighted by Gasteiger charge is -2.18. The highest BCUT2D eigenvalue weighted by atomic mass is 19.4. The van der Waals surface area contributed by atoms with Gasteiger partial charge in [-0.2, -0.15) is 13.2 Å². The largest absolute Gasteiger partial charge is 0.416 e. The maximum atomic E-state index is 13.2. The van der Waals surface area contributed by atoms with Gasteiger partial charge in [0, 0.05) is 32.7 Å². The smallest absolute Gasteiger partial charge is 0.356 e. The molecule has 1 aromatic rings. The van der Waals surface area contributed by atoms with Gasteiger partial charge in [-0.1, -0.05) is 6.07 Å². The molecule has 1 saturated carbocycles. The van der Waals surface area contributed by atoms with Crippen molar-refractivity contribution in [3.8, 4) is 0 Å². The van der Waals surface area contributed by atoms with Gasteiger partial charge < -0.3 is 15.5 Å². The van der Waals surface area contributed by atoms with Crippen molar-refractivity contribution >= 4 is 5.96 Å². The number of hydrogen-bond acceptors (Lipinski definition) is 2. The van der Waals surface area contributed by atoms with Crippen LogP contribution in [0.2, 0.25) is 0 Å². The van der Waals surface area contributed by atoms with Gasteiger partial charge in [-0.15, -0.1) is 0 Å². The minimum atomic E-state index is -4.59.